The molecule has 2 atom stereocenters. The lowest BCUT2D eigenvalue weighted by atomic mass is 10.0. The maximum atomic E-state index is 11.9. The molecule has 0 aliphatic carbocycles. The third-order valence-corrected chi connectivity index (χ3v) is 3.10. The Morgan fingerprint density at radius 3 is 2.63 bits per heavy atom. The molecule has 0 aliphatic rings. The molecule has 2 unspecified atom stereocenters. The predicted molar refractivity (Wildman–Crippen MR) is 75.0 cm³/mol. The molecule has 2 N–H and O–H groups in total. The van der Waals surface area contributed by atoms with E-state index in [0.717, 1.165) is 6.42 Å². The smallest absolute Gasteiger partial charge is 0.260 e. The second kappa shape index (κ2) is 8.53. The van der Waals surface area contributed by atoms with Crippen molar-refractivity contribution in [2.45, 2.75) is 32.8 Å². The van der Waals surface area contributed by atoms with Crippen molar-refractivity contribution in [3.63, 3.8) is 0 Å². The molecular weight excluding hydrogens is 242 g/mol. The van der Waals surface area contributed by atoms with Crippen LogP contribution in [0.3, 0.4) is 0 Å². The average molecular weight is 265 g/mol. The molecule has 0 aromatic heterocycles. The van der Waals surface area contributed by atoms with E-state index in [1.165, 1.54) is 0 Å². The quantitative estimate of drug-likeness (QED) is 0.755. The molecule has 0 saturated heterocycles. The summed E-state index contributed by atoms with van der Waals surface area (Å²) in [6, 6.07) is 9.29. The minimum atomic E-state index is -0.519. The molecule has 4 nitrogen and oxygen atoms in total. The number of carbonyl (C=O) groups excluding carboxylic acids is 1. The van der Waals surface area contributed by atoms with Gasteiger partial charge in [-0.05, 0) is 31.4 Å². The highest BCUT2D eigenvalue weighted by Gasteiger charge is 2.15. The van der Waals surface area contributed by atoms with Crippen LogP contribution >= 0.6 is 0 Å². The largest absolute Gasteiger partial charge is 0.481 e. The zero-order chi connectivity index (χ0) is 14.1. The van der Waals surface area contributed by atoms with Gasteiger partial charge in [0.05, 0.1) is 0 Å². The van der Waals surface area contributed by atoms with Gasteiger partial charge in [0.1, 0.15) is 5.75 Å². The van der Waals surface area contributed by atoms with Gasteiger partial charge in [-0.3, -0.25) is 4.79 Å². The van der Waals surface area contributed by atoms with E-state index in [1.807, 2.05) is 30.3 Å². The van der Waals surface area contributed by atoms with Crippen molar-refractivity contribution >= 4 is 5.91 Å². The van der Waals surface area contributed by atoms with Crippen molar-refractivity contribution in [1.82, 2.24) is 5.32 Å². The second-order valence-corrected chi connectivity index (χ2v) is 4.60. The van der Waals surface area contributed by atoms with E-state index in [0.29, 0.717) is 24.6 Å². The van der Waals surface area contributed by atoms with Crippen LogP contribution in [0.2, 0.25) is 0 Å². The maximum absolute atomic E-state index is 11.9. The van der Waals surface area contributed by atoms with Gasteiger partial charge in [0.25, 0.3) is 5.91 Å². The van der Waals surface area contributed by atoms with Gasteiger partial charge in [-0.1, -0.05) is 31.5 Å². The Hall–Kier alpha value is -1.55. The van der Waals surface area contributed by atoms with Gasteiger partial charge in [0.15, 0.2) is 6.10 Å². The van der Waals surface area contributed by atoms with E-state index >= 15 is 0 Å². The van der Waals surface area contributed by atoms with Crippen LogP contribution in [0.25, 0.3) is 0 Å². The lowest BCUT2D eigenvalue weighted by Gasteiger charge is -2.18. The van der Waals surface area contributed by atoms with Crippen molar-refractivity contribution in [3.8, 4) is 5.75 Å². The SMILES string of the molecule is CCC(CCO)CNC(=O)C(C)Oc1ccccc1. The van der Waals surface area contributed by atoms with Crippen molar-refractivity contribution in [1.29, 1.82) is 0 Å². The van der Waals surface area contributed by atoms with Gasteiger partial charge in [0, 0.05) is 13.2 Å². The van der Waals surface area contributed by atoms with Crippen molar-refractivity contribution in [2.24, 2.45) is 5.92 Å². The van der Waals surface area contributed by atoms with E-state index in [1.54, 1.807) is 6.92 Å². The summed E-state index contributed by atoms with van der Waals surface area (Å²) in [4.78, 5) is 11.9. The van der Waals surface area contributed by atoms with E-state index in [4.69, 9.17) is 9.84 Å². The first kappa shape index (κ1) is 15.5. The number of hydrogen-bond donors (Lipinski definition) is 2. The summed E-state index contributed by atoms with van der Waals surface area (Å²) >= 11 is 0. The number of para-hydroxylation sites is 1. The number of aliphatic hydroxyl groups is 1. The monoisotopic (exact) mass is 265 g/mol. The molecule has 0 spiro atoms. The fourth-order valence-corrected chi connectivity index (χ4v) is 1.78. The number of ether oxygens (including phenoxy) is 1. The van der Waals surface area contributed by atoms with Crippen LogP contribution in [0.5, 0.6) is 5.75 Å². The Morgan fingerprint density at radius 2 is 2.05 bits per heavy atom. The average Bonchev–Trinajstić information content (AvgIpc) is 2.44. The first-order valence-electron chi connectivity index (χ1n) is 6.77. The molecule has 1 aromatic carbocycles. The molecule has 1 aromatic rings. The molecular formula is C15H23NO3. The third-order valence-electron chi connectivity index (χ3n) is 3.10. The van der Waals surface area contributed by atoms with Gasteiger partial charge in [-0.15, -0.1) is 0 Å². The van der Waals surface area contributed by atoms with Crippen LogP contribution in [-0.4, -0.2) is 30.3 Å². The summed E-state index contributed by atoms with van der Waals surface area (Å²) in [6.07, 6.45) is 1.13. The molecule has 0 radical (unpaired) electrons. The van der Waals surface area contributed by atoms with Crippen LogP contribution in [-0.2, 0) is 4.79 Å². The third kappa shape index (κ3) is 5.75. The summed E-state index contributed by atoms with van der Waals surface area (Å²) in [5, 5.41) is 11.8. The molecule has 0 aliphatic heterocycles. The Labute approximate surface area is 114 Å². The van der Waals surface area contributed by atoms with Crippen LogP contribution in [0.4, 0.5) is 0 Å². The summed E-state index contributed by atoms with van der Waals surface area (Å²) in [7, 11) is 0. The molecule has 0 bridgehead atoms. The highest BCUT2D eigenvalue weighted by atomic mass is 16.5. The Kier molecular flexibility index (Phi) is 6.97. The van der Waals surface area contributed by atoms with Crippen LogP contribution in [0.15, 0.2) is 30.3 Å². The lowest BCUT2D eigenvalue weighted by molar-refractivity contribution is -0.127. The highest BCUT2D eigenvalue weighted by molar-refractivity contribution is 5.80. The highest BCUT2D eigenvalue weighted by Crippen LogP contribution is 2.11. The minimum absolute atomic E-state index is 0.125. The first-order valence-corrected chi connectivity index (χ1v) is 6.77. The van der Waals surface area contributed by atoms with Crippen molar-refractivity contribution in [2.75, 3.05) is 13.2 Å². The normalized spacial score (nSPS) is 13.6. The Balaban J connectivity index is 2.36. The maximum Gasteiger partial charge on any atom is 0.260 e. The molecule has 19 heavy (non-hydrogen) atoms. The van der Waals surface area contributed by atoms with Gasteiger partial charge in [-0.25, -0.2) is 0 Å². The van der Waals surface area contributed by atoms with Gasteiger partial charge < -0.3 is 15.2 Å². The fourth-order valence-electron chi connectivity index (χ4n) is 1.78. The minimum Gasteiger partial charge on any atom is -0.481 e. The van der Waals surface area contributed by atoms with Crippen LogP contribution < -0.4 is 10.1 Å². The standard InChI is InChI=1S/C15H23NO3/c1-3-13(9-10-17)11-16-15(18)12(2)19-14-7-5-4-6-8-14/h4-8,12-13,17H,3,9-11H2,1-2H3,(H,16,18). The summed E-state index contributed by atoms with van der Waals surface area (Å²) < 4.78 is 5.54. The first-order chi connectivity index (χ1) is 9.17. The molecule has 106 valence electrons. The molecule has 0 saturated carbocycles. The molecule has 4 heteroatoms. The topological polar surface area (TPSA) is 58.6 Å². The number of amides is 1. The fraction of sp³-hybridized carbons (Fsp3) is 0.533. The zero-order valence-corrected chi connectivity index (χ0v) is 11.6. The summed E-state index contributed by atoms with van der Waals surface area (Å²) in [5.41, 5.74) is 0. The number of hydrogen-bond acceptors (Lipinski definition) is 3. The number of nitrogens with one attached hydrogen (secondary N) is 1. The summed E-state index contributed by atoms with van der Waals surface area (Å²) in [5.74, 6) is 0.880. The summed E-state index contributed by atoms with van der Waals surface area (Å²) in [6.45, 7) is 4.52. The van der Waals surface area contributed by atoms with E-state index in [9.17, 15) is 4.79 Å². The second-order valence-electron chi connectivity index (χ2n) is 4.60. The molecule has 1 amide bonds. The van der Waals surface area contributed by atoms with Crippen LogP contribution in [0, 0.1) is 5.92 Å². The van der Waals surface area contributed by atoms with Crippen molar-refractivity contribution in [3.05, 3.63) is 30.3 Å². The molecule has 0 heterocycles. The van der Waals surface area contributed by atoms with Gasteiger partial charge in [0.2, 0.25) is 0 Å². The lowest BCUT2D eigenvalue weighted by Crippen LogP contribution is -2.39. The Morgan fingerprint density at radius 1 is 1.37 bits per heavy atom. The number of rotatable bonds is 8. The molecule has 0 fully saturated rings. The van der Waals surface area contributed by atoms with Gasteiger partial charge in [-0.2, -0.15) is 0 Å². The number of benzene rings is 1. The number of carbonyl (C=O) groups is 1. The van der Waals surface area contributed by atoms with Crippen molar-refractivity contribution < 1.29 is 14.6 Å². The predicted octanol–water partition coefficient (Wildman–Crippen LogP) is 1.98. The zero-order valence-electron chi connectivity index (χ0n) is 11.6. The molecule has 1 rings (SSSR count). The van der Waals surface area contributed by atoms with E-state index in [-0.39, 0.29) is 12.5 Å². The number of aliphatic hydroxyl groups excluding tert-OH is 1. The van der Waals surface area contributed by atoms with E-state index in [2.05, 4.69) is 12.2 Å². The van der Waals surface area contributed by atoms with Gasteiger partial charge >= 0.3 is 0 Å². The Bertz CT molecular complexity index is 367. The van der Waals surface area contributed by atoms with Crippen LogP contribution in [0.1, 0.15) is 26.7 Å². The van der Waals surface area contributed by atoms with E-state index < -0.39 is 6.10 Å².